The van der Waals surface area contributed by atoms with Crippen LogP contribution in [0.4, 0.5) is 4.39 Å². The molecule has 0 aliphatic carbocycles. The van der Waals surface area contributed by atoms with E-state index in [1.807, 2.05) is 30.3 Å². The summed E-state index contributed by atoms with van der Waals surface area (Å²) in [6.45, 7) is 0.246. The molecule has 2 heterocycles. The third kappa shape index (κ3) is 4.82. The zero-order chi connectivity index (χ0) is 25.1. The van der Waals surface area contributed by atoms with Crippen LogP contribution in [0.15, 0.2) is 64.2 Å². The standard InChI is InChI=1S/C26H23FN2O6S/c1-30-20-11-16(12-21(31-2)23(20)32-3)24-28-29-26(35-24)36-14-18-10-19(27)9-17-13-33-25(34-22(17)18)15-7-5-4-6-8-15/h4-12,25H,13-14H2,1-3H3/t25-/m1/s1. The van der Waals surface area contributed by atoms with E-state index in [1.165, 1.54) is 45.2 Å². The first-order valence-electron chi connectivity index (χ1n) is 11.0. The first-order chi connectivity index (χ1) is 17.6. The highest BCUT2D eigenvalue weighted by atomic mass is 32.2. The molecule has 1 aromatic heterocycles. The SMILES string of the molecule is COc1cc(-c2nnc(SCc3cc(F)cc4c3O[C@H](c3ccccc3)OC4)o2)cc(OC)c1OC. The molecule has 0 bridgehead atoms. The molecule has 1 aliphatic heterocycles. The largest absolute Gasteiger partial charge is 0.493 e. The van der Waals surface area contributed by atoms with Crippen molar-refractivity contribution in [3.63, 3.8) is 0 Å². The van der Waals surface area contributed by atoms with E-state index in [4.69, 9.17) is 28.1 Å². The van der Waals surface area contributed by atoms with Crippen LogP contribution in [0.3, 0.4) is 0 Å². The van der Waals surface area contributed by atoms with Gasteiger partial charge in [0.1, 0.15) is 11.6 Å². The second-order valence-corrected chi connectivity index (χ2v) is 8.73. The fourth-order valence-corrected chi connectivity index (χ4v) is 4.62. The molecule has 0 saturated carbocycles. The molecule has 3 aromatic carbocycles. The van der Waals surface area contributed by atoms with Gasteiger partial charge in [0.2, 0.25) is 17.9 Å². The summed E-state index contributed by atoms with van der Waals surface area (Å²) >= 11 is 1.28. The van der Waals surface area contributed by atoms with Crippen molar-refractivity contribution in [1.29, 1.82) is 0 Å². The summed E-state index contributed by atoms with van der Waals surface area (Å²) in [7, 11) is 4.60. The Morgan fingerprint density at radius 3 is 2.42 bits per heavy atom. The van der Waals surface area contributed by atoms with E-state index in [0.29, 0.717) is 50.7 Å². The number of nitrogens with zero attached hydrogens (tertiary/aromatic N) is 2. The van der Waals surface area contributed by atoms with Gasteiger partial charge in [0.25, 0.3) is 5.22 Å². The second-order valence-electron chi connectivity index (χ2n) is 7.80. The molecule has 0 N–H and O–H groups in total. The molecule has 0 unspecified atom stereocenters. The predicted octanol–water partition coefficient (Wildman–Crippen LogP) is 5.80. The van der Waals surface area contributed by atoms with Gasteiger partial charge in [-0.15, -0.1) is 10.2 Å². The van der Waals surface area contributed by atoms with Gasteiger partial charge < -0.3 is 28.1 Å². The van der Waals surface area contributed by atoms with Crippen molar-refractivity contribution in [2.45, 2.75) is 23.9 Å². The first kappa shape index (κ1) is 24.0. The van der Waals surface area contributed by atoms with Crippen LogP contribution in [0.2, 0.25) is 0 Å². The Hall–Kier alpha value is -3.76. The zero-order valence-electron chi connectivity index (χ0n) is 19.8. The fourth-order valence-electron chi connectivity index (χ4n) is 3.89. The van der Waals surface area contributed by atoms with Gasteiger partial charge in [0.15, 0.2) is 11.5 Å². The summed E-state index contributed by atoms with van der Waals surface area (Å²) in [5, 5.41) is 8.60. The maximum atomic E-state index is 14.3. The highest BCUT2D eigenvalue weighted by Gasteiger charge is 2.26. The summed E-state index contributed by atoms with van der Waals surface area (Å²) in [4.78, 5) is 0. The van der Waals surface area contributed by atoms with Crippen LogP contribution >= 0.6 is 11.8 Å². The van der Waals surface area contributed by atoms with Crippen LogP contribution in [0.1, 0.15) is 23.0 Å². The number of hydrogen-bond acceptors (Lipinski definition) is 9. The highest BCUT2D eigenvalue weighted by Crippen LogP contribution is 2.42. The molecule has 10 heteroatoms. The van der Waals surface area contributed by atoms with Gasteiger partial charge in [-0.3, -0.25) is 0 Å². The maximum Gasteiger partial charge on any atom is 0.277 e. The summed E-state index contributed by atoms with van der Waals surface area (Å²) in [6.07, 6.45) is -0.567. The Morgan fingerprint density at radius 2 is 1.72 bits per heavy atom. The Bertz CT molecular complexity index is 1340. The highest BCUT2D eigenvalue weighted by molar-refractivity contribution is 7.98. The van der Waals surface area contributed by atoms with E-state index in [0.717, 1.165) is 5.56 Å². The van der Waals surface area contributed by atoms with Gasteiger partial charge in [0.05, 0.1) is 27.9 Å². The van der Waals surface area contributed by atoms with Gasteiger partial charge >= 0.3 is 0 Å². The lowest BCUT2D eigenvalue weighted by Gasteiger charge is -2.28. The van der Waals surface area contributed by atoms with E-state index >= 15 is 0 Å². The van der Waals surface area contributed by atoms with Crippen molar-refractivity contribution < 1.29 is 32.5 Å². The molecule has 36 heavy (non-hydrogen) atoms. The Kier molecular flexibility index (Phi) is 6.97. The second kappa shape index (κ2) is 10.5. The van der Waals surface area contributed by atoms with Gasteiger partial charge in [-0.2, -0.15) is 0 Å². The van der Waals surface area contributed by atoms with E-state index < -0.39 is 6.29 Å². The number of ether oxygens (including phenoxy) is 5. The van der Waals surface area contributed by atoms with Crippen molar-refractivity contribution in [3.8, 4) is 34.5 Å². The molecule has 186 valence electrons. The minimum absolute atomic E-state index is 0.246. The first-order valence-corrected chi connectivity index (χ1v) is 12.0. The predicted molar refractivity (Wildman–Crippen MR) is 130 cm³/mol. The van der Waals surface area contributed by atoms with Crippen molar-refractivity contribution >= 4 is 11.8 Å². The van der Waals surface area contributed by atoms with Crippen LogP contribution < -0.4 is 18.9 Å². The number of aromatic nitrogens is 2. The summed E-state index contributed by atoms with van der Waals surface area (Å²) < 4.78 is 48.3. The molecule has 8 nitrogen and oxygen atoms in total. The summed E-state index contributed by atoms with van der Waals surface area (Å²) in [6, 6.07) is 15.9. The van der Waals surface area contributed by atoms with Crippen LogP contribution in [0, 0.1) is 5.82 Å². The Labute approximate surface area is 211 Å². The normalized spacial score (nSPS) is 14.6. The number of thioether (sulfide) groups is 1. The molecule has 0 saturated heterocycles. The smallest absolute Gasteiger partial charge is 0.277 e. The van der Waals surface area contributed by atoms with Crippen molar-refractivity contribution in [3.05, 3.63) is 77.1 Å². The summed E-state index contributed by atoms with van der Waals surface area (Å²) in [5.41, 5.74) is 2.82. The number of hydrogen-bond donors (Lipinski definition) is 0. The zero-order valence-corrected chi connectivity index (χ0v) is 20.6. The lowest BCUT2D eigenvalue weighted by atomic mass is 10.1. The van der Waals surface area contributed by atoms with Gasteiger partial charge in [-0.05, 0) is 24.3 Å². The van der Waals surface area contributed by atoms with Crippen molar-refractivity contribution in [2.75, 3.05) is 21.3 Å². The number of rotatable bonds is 8. The molecule has 1 atom stereocenters. The molecule has 0 amide bonds. The molecule has 0 spiro atoms. The Balaban J connectivity index is 1.36. The van der Waals surface area contributed by atoms with Crippen LogP contribution in [0.5, 0.6) is 23.0 Å². The van der Waals surface area contributed by atoms with Gasteiger partial charge in [-0.1, -0.05) is 42.1 Å². The molecule has 5 rings (SSSR count). The average Bonchev–Trinajstić information content (AvgIpc) is 3.40. The van der Waals surface area contributed by atoms with E-state index in [2.05, 4.69) is 10.2 Å². The van der Waals surface area contributed by atoms with Crippen molar-refractivity contribution in [2.24, 2.45) is 0 Å². The minimum Gasteiger partial charge on any atom is -0.493 e. The topological polar surface area (TPSA) is 85.1 Å². The van der Waals surface area contributed by atoms with Crippen molar-refractivity contribution in [1.82, 2.24) is 10.2 Å². The van der Waals surface area contributed by atoms with Crippen LogP contribution in [-0.2, 0) is 17.1 Å². The molecular weight excluding hydrogens is 487 g/mol. The lowest BCUT2D eigenvalue weighted by molar-refractivity contribution is -0.112. The van der Waals surface area contributed by atoms with Crippen LogP contribution in [-0.4, -0.2) is 31.5 Å². The quantitative estimate of drug-likeness (QED) is 0.273. The third-order valence-corrected chi connectivity index (χ3v) is 6.43. The van der Waals surface area contributed by atoms with Crippen LogP contribution in [0.25, 0.3) is 11.5 Å². The monoisotopic (exact) mass is 510 g/mol. The molecule has 0 fully saturated rings. The average molecular weight is 511 g/mol. The van der Waals surface area contributed by atoms with E-state index in [-0.39, 0.29) is 18.3 Å². The number of methoxy groups -OCH3 is 3. The number of halogens is 1. The third-order valence-electron chi connectivity index (χ3n) is 5.56. The maximum absolute atomic E-state index is 14.3. The van der Waals surface area contributed by atoms with E-state index in [9.17, 15) is 4.39 Å². The minimum atomic E-state index is -0.567. The number of benzene rings is 3. The molecular formula is C26H23FN2O6S. The summed E-state index contributed by atoms with van der Waals surface area (Å²) in [5.74, 6) is 2.29. The molecule has 4 aromatic rings. The lowest BCUT2D eigenvalue weighted by Crippen LogP contribution is -2.19. The number of fused-ring (bicyclic) bond motifs is 1. The van der Waals surface area contributed by atoms with Gasteiger partial charge in [-0.25, -0.2) is 4.39 Å². The fraction of sp³-hybridized carbons (Fsp3) is 0.231. The Morgan fingerprint density at radius 1 is 0.972 bits per heavy atom. The van der Waals surface area contributed by atoms with E-state index in [1.54, 1.807) is 12.1 Å². The molecule has 1 aliphatic rings. The van der Waals surface area contributed by atoms with Gasteiger partial charge in [0, 0.05) is 28.0 Å². The molecule has 0 radical (unpaired) electrons.